The molecular weight excluding hydrogens is 85.0 g/mol. The molecule has 0 aliphatic heterocycles. The van der Waals surface area contributed by atoms with Crippen LogP contribution in [0.25, 0.3) is 0 Å². The van der Waals surface area contributed by atoms with Crippen molar-refractivity contribution < 1.29 is 29.6 Å². The van der Waals surface area contributed by atoms with Gasteiger partial charge in [0.1, 0.15) is 0 Å². The first-order chi connectivity index (χ1) is 2.27. The summed E-state index contributed by atoms with van der Waals surface area (Å²) in [5.74, 6) is 0.810. The summed E-state index contributed by atoms with van der Waals surface area (Å²) in [5, 5.41) is 7.86. The summed E-state index contributed by atoms with van der Waals surface area (Å²) in [6.07, 6.45) is 0. The molecule has 0 saturated heterocycles. The Morgan fingerprint density at radius 2 is 1.67 bits per heavy atom. The van der Waals surface area contributed by atoms with E-state index in [0.29, 0.717) is 0 Å². The molecule has 28 valence electrons. The van der Waals surface area contributed by atoms with Crippen molar-refractivity contribution in [3.8, 4) is 6.07 Å². The second kappa shape index (κ2) is 5.36. The molecule has 0 unspecified atom stereocenters. The average Bonchev–Trinajstić information content (AvgIpc) is 1.38. The third-order valence-corrected chi connectivity index (χ3v) is 0.224. The summed E-state index contributed by atoms with van der Waals surface area (Å²) in [6, 6.07) is 1.94. The van der Waals surface area contributed by atoms with E-state index in [1.54, 1.807) is 13.8 Å². The van der Waals surface area contributed by atoms with Crippen LogP contribution in [0.1, 0.15) is 13.8 Å². The van der Waals surface area contributed by atoms with Crippen LogP contribution >= 0.6 is 0 Å². The van der Waals surface area contributed by atoms with Crippen LogP contribution in [0.15, 0.2) is 0 Å². The van der Waals surface area contributed by atoms with Gasteiger partial charge in [0.2, 0.25) is 0 Å². The molecule has 0 atom stereocenters. The van der Waals surface area contributed by atoms with Crippen LogP contribution in [0.3, 0.4) is 0 Å². The van der Waals surface area contributed by atoms with Crippen LogP contribution in [-0.2, 0) is 0 Å². The van der Waals surface area contributed by atoms with Gasteiger partial charge in [0, 0.05) is 0 Å². The molecule has 0 aliphatic carbocycles. The Bertz CT molecular complexity index is 53.1. The first-order valence-corrected chi connectivity index (χ1v) is 1.47. The van der Waals surface area contributed by atoms with Gasteiger partial charge in [-0.2, -0.15) is 13.8 Å². The SMILES string of the molecule is C[C-](C)C#N.[Na+]. The molecule has 0 rings (SSSR count). The number of hydrogen-bond donors (Lipinski definition) is 0. The quantitative estimate of drug-likeness (QED) is 0.253. The van der Waals surface area contributed by atoms with Crippen molar-refractivity contribution in [3.63, 3.8) is 0 Å². The fraction of sp³-hybridized carbons (Fsp3) is 0.500. The fourth-order valence-corrected chi connectivity index (χ4v) is 0. The number of hydrogen-bond acceptors (Lipinski definition) is 1. The zero-order valence-electron chi connectivity index (χ0n) is 4.45. The zero-order chi connectivity index (χ0) is 4.28. The molecule has 0 bridgehead atoms. The molecule has 1 nitrogen and oxygen atoms in total. The summed E-state index contributed by atoms with van der Waals surface area (Å²) >= 11 is 0. The Labute approximate surface area is 60.6 Å². The van der Waals surface area contributed by atoms with Crippen molar-refractivity contribution in [2.75, 3.05) is 0 Å². The Morgan fingerprint density at radius 3 is 1.67 bits per heavy atom. The molecule has 0 N–H and O–H groups in total. The monoisotopic (exact) mass is 91.0 g/mol. The molecule has 0 radical (unpaired) electrons. The molecule has 6 heavy (non-hydrogen) atoms. The van der Waals surface area contributed by atoms with E-state index < -0.39 is 0 Å². The van der Waals surface area contributed by atoms with E-state index in [0.717, 1.165) is 5.92 Å². The van der Waals surface area contributed by atoms with Crippen LogP contribution in [0.4, 0.5) is 0 Å². The number of nitriles is 1. The topological polar surface area (TPSA) is 23.8 Å². The van der Waals surface area contributed by atoms with Crippen LogP contribution in [-0.4, -0.2) is 0 Å². The minimum absolute atomic E-state index is 0. The molecule has 0 saturated carbocycles. The van der Waals surface area contributed by atoms with E-state index in [2.05, 4.69) is 0 Å². The molecule has 0 amide bonds. The van der Waals surface area contributed by atoms with Crippen molar-refractivity contribution in [2.24, 2.45) is 0 Å². The molecule has 0 aromatic carbocycles. The van der Waals surface area contributed by atoms with Crippen LogP contribution in [0.2, 0.25) is 0 Å². The van der Waals surface area contributed by atoms with Gasteiger partial charge in [-0.15, -0.1) is 6.07 Å². The Hall–Kier alpha value is 0.360. The second-order valence-corrected chi connectivity index (χ2v) is 1.11. The van der Waals surface area contributed by atoms with E-state index in [-0.39, 0.29) is 29.6 Å². The maximum absolute atomic E-state index is 7.86. The molecule has 0 spiro atoms. The van der Waals surface area contributed by atoms with E-state index >= 15 is 0 Å². The normalized spacial score (nSPS) is 4.83. The Morgan fingerprint density at radius 1 is 1.50 bits per heavy atom. The van der Waals surface area contributed by atoms with Crippen LogP contribution < -0.4 is 29.6 Å². The van der Waals surface area contributed by atoms with Crippen molar-refractivity contribution >= 4 is 0 Å². The van der Waals surface area contributed by atoms with Crippen LogP contribution in [0, 0.1) is 17.2 Å². The largest absolute Gasteiger partial charge is 1.00 e. The van der Waals surface area contributed by atoms with Gasteiger partial charge in [-0.3, -0.25) is 5.92 Å². The second-order valence-electron chi connectivity index (χ2n) is 1.11. The van der Waals surface area contributed by atoms with E-state index in [1.165, 1.54) is 0 Å². The maximum Gasteiger partial charge on any atom is 1.00 e. The standard InChI is InChI=1S/C4H6N.Na/c1-4(2)3-5;/h1-2H3;/q-1;+1. The van der Waals surface area contributed by atoms with Crippen molar-refractivity contribution in [2.45, 2.75) is 13.8 Å². The van der Waals surface area contributed by atoms with E-state index in [9.17, 15) is 0 Å². The zero-order valence-corrected chi connectivity index (χ0v) is 6.45. The predicted octanol–water partition coefficient (Wildman–Crippen LogP) is -1.87. The van der Waals surface area contributed by atoms with E-state index in [1.807, 2.05) is 6.07 Å². The number of nitrogens with zero attached hydrogens (tertiary/aromatic N) is 1. The van der Waals surface area contributed by atoms with Gasteiger partial charge < -0.3 is 0 Å². The third-order valence-electron chi connectivity index (χ3n) is 0.224. The summed E-state index contributed by atoms with van der Waals surface area (Å²) in [6.45, 7) is 3.56. The summed E-state index contributed by atoms with van der Waals surface area (Å²) in [7, 11) is 0. The molecule has 2 heteroatoms. The van der Waals surface area contributed by atoms with Gasteiger partial charge >= 0.3 is 29.6 Å². The van der Waals surface area contributed by atoms with Crippen molar-refractivity contribution in [3.05, 3.63) is 5.92 Å². The molecule has 0 aromatic heterocycles. The van der Waals surface area contributed by atoms with E-state index in [4.69, 9.17) is 5.26 Å². The van der Waals surface area contributed by atoms with Gasteiger partial charge in [-0.1, -0.05) is 0 Å². The van der Waals surface area contributed by atoms with Gasteiger partial charge in [0.25, 0.3) is 0 Å². The van der Waals surface area contributed by atoms with Crippen LogP contribution in [0.5, 0.6) is 0 Å². The first-order valence-electron chi connectivity index (χ1n) is 1.47. The van der Waals surface area contributed by atoms with Gasteiger partial charge in [-0.05, 0) is 0 Å². The first kappa shape index (κ1) is 9.61. The molecule has 0 fully saturated rings. The third kappa shape index (κ3) is 8.84. The van der Waals surface area contributed by atoms with Gasteiger partial charge in [0.05, 0.1) is 0 Å². The summed E-state index contributed by atoms with van der Waals surface area (Å²) < 4.78 is 0. The minimum atomic E-state index is 0. The Balaban J connectivity index is 0. The van der Waals surface area contributed by atoms with Crippen molar-refractivity contribution in [1.29, 1.82) is 5.26 Å². The van der Waals surface area contributed by atoms with Crippen molar-refractivity contribution in [1.82, 2.24) is 0 Å². The number of rotatable bonds is 0. The minimum Gasteiger partial charge on any atom is -0.282 e. The van der Waals surface area contributed by atoms with Gasteiger partial charge in [-0.25, -0.2) is 5.26 Å². The average molecular weight is 91.1 g/mol. The molecule has 0 aliphatic rings. The smallest absolute Gasteiger partial charge is 0.282 e. The summed E-state index contributed by atoms with van der Waals surface area (Å²) in [5.41, 5.74) is 0. The van der Waals surface area contributed by atoms with Gasteiger partial charge in [0.15, 0.2) is 0 Å². The molecule has 0 heterocycles. The molecule has 0 aromatic rings. The Kier molecular flexibility index (Phi) is 8.59. The maximum atomic E-state index is 7.86. The predicted molar refractivity (Wildman–Crippen MR) is 20.2 cm³/mol. The fourth-order valence-electron chi connectivity index (χ4n) is 0. The summed E-state index contributed by atoms with van der Waals surface area (Å²) in [4.78, 5) is 0. The molecular formula is C4H6NNa.